The Labute approximate surface area is 156 Å². The second-order valence-corrected chi connectivity index (χ2v) is 6.16. The summed E-state index contributed by atoms with van der Waals surface area (Å²) in [6, 6.07) is 13.7. The third-order valence-electron chi connectivity index (χ3n) is 4.44. The molecule has 0 aliphatic heterocycles. The Hall–Kier alpha value is -3.01. The smallest absolute Gasteiger partial charge is 0.166 e. The first-order chi connectivity index (χ1) is 13.0. The van der Waals surface area contributed by atoms with Gasteiger partial charge in [0.2, 0.25) is 0 Å². The van der Waals surface area contributed by atoms with Crippen molar-refractivity contribution in [1.29, 1.82) is 0 Å². The molecule has 138 valence electrons. The van der Waals surface area contributed by atoms with Gasteiger partial charge in [-0.05, 0) is 54.1 Å². The third kappa shape index (κ3) is 3.90. The quantitative estimate of drug-likeness (QED) is 0.341. The number of benzene rings is 3. The average Bonchev–Trinajstić information content (AvgIpc) is 2.72. The highest BCUT2D eigenvalue weighted by Gasteiger charge is 2.14. The van der Waals surface area contributed by atoms with Crippen LogP contribution in [0.3, 0.4) is 0 Å². The fourth-order valence-corrected chi connectivity index (χ4v) is 2.91. The van der Waals surface area contributed by atoms with Gasteiger partial charge in [0.25, 0.3) is 0 Å². The van der Waals surface area contributed by atoms with E-state index in [0.717, 1.165) is 0 Å². The molecule has 0 fully saturated rings. The van der Waals surface area contributed by atoms with Crippen LogP contribution >= 0.6 is 0 Å². The van der Waals surface area contributed by atoms with Gasteiger partial charge in [0.15, 0.2) is 11.7 Å². The largest absolute Gasteiger partial charge is 0.497 e. The maximum Gasteiger partial charge on any atom is 0.166 e. The van der Waals surface area contributed by atoms with Gasteiger partial charge in [-0.1, -0.05) is 30.3 Å². The van der Waals surface area contributed by atoms with Crippen LogP contribution in [0, 0.1) is 5.82 Å². The van der Waals surface area contributed by atoms with Crippen molar-refractivity contribution in [3.8, 4) is 5.75 Å². The van der Waals surface area contributed by atoms with Gasteiger partial charge in [0, 0.05) is 16.5 Å². The van der Waals surface area contributed by atoms with Gasteiger partial charge < -0.3 is 4.74 Å². The van der Waals surface area contributed by atoms with Gasteiger partial charge in [-0.15, -0.1) is 6.58 Å². The summed E-state index contributed by atoms with van der Waals surface area (Å²) in [7, 11) is 1.50. The summed E-state index contributed by atoms with van der Waals surface area (Å²) in [6.07, 6.45) is 2.95. The minimum absolute atomic E-state index is 0.0639. The van der Waals surface area contributed by atoms with Crippen LogP contribution in [0.4, 0.5) is 13.2 Å². The van der Waals surface area contributed by atoms with E-state index in [-0.39, 0.29) is 16.9 Å². The number of hydrogen-bond donors (Lipinski definition) is 0. The second-order valence-electron chi connectivity index (χ2n) is 6.16. The molecule has 0 saturated carbocycles. The predicted octanol–water partition coefficient (Wildman–Crippen LogP) is 6.87. The maximum atomic E-state index is 14.6. The lowest BCUT2D eigenvalue weighted by molar-refractivity contribution is 0.414. The number of rotatable bonds is 6. The number of aryl methyl sites for hydroxylation is 1. The number of fused-ring (bicyclic) bond motifs is 1. The number of allylic oxidation sites excluding steroid dienone is 1. The monoisotopic (exact) mass is 368 g/mol. The molecule has 27 heavy (non-hydrogen) atoms. The minimum Gasteiger partial charge on any atom is -0.497 e. The summed E-state index contributed by atoms with van der Waals surface area (Å²) in [6.45, 7) is 3.64. The van der Waals surface area contributed by atoms with Crippen molar-refractivity contribution in [1.82, 2.24) is 0 Å². The lowest BCUT2D eigenvalue weighted by Gasteiger charge is -2.08. The van der Waals surface area contributed by atoms with E-state index < -0.39 is 11.7 Å². The molecule has 0 radical (unpaired) electrons. The van der Waals surface area contributed by atoms with Crippen LogP contribution in [0.15, 0.2) is 67.3 Å². The van der Waals surface area contributed by atoms with E-state index in [1.54, 1.807) is 30.3 Å². The fourth-order valence-electron chi connectivity index (χ4n) is 2.91. The number of methoxy groups -OCH3 is 1. The zero-order chi connectivity index (χ0) is 19.4. The van der Waals surface area contributed by atoms with Gasteiger partial charge in [0.1, 0.15) is 11.6 Å². The first kappa shape index (κ1) is 18.8. The highest BCUT2D eigenvalue weighted by Crippen LogP contribution is 2.32. The van der Waals surface area contributed by atoms with Crippen LogP contribution in [0.5, 0.6) is 5.75 Å². The molecule has 0 saturated heterocycles. The van der Waals surface area contributed by atoms with Crippen LogP contribution < -0.4 is 4.74 Å². The van der Waals surface area contributed by atoms with Gasteiger partial charge in [-0.2, -0.15) is 0 Å². The summed E-state index contributed by atoms with van der Waals surface area (Å²) in [5, 5.41) is 0.906. The Balaban J connectivity index is 1.99. The Morgan fingerprint density at radius 1 is 0.963 bits per heavy atom. The highest BCUT2D eigenvalue weighted by molar-refractivity contribution is 5.90. The lowest BCUT2D eigenvalue weighted by Crippen LogP contribution is -1.92. The summed E-state index contributed by atoms with van der Waals surface area (Å²) >= 11 is 0. The molecule has 0 N–H and O–H groups in total. The van der Waals surface area contributed by atoms with Crippen molar-refractivity contribution in [2.75, 3.05) is 7.11 Å². The van der Waals surface area contributed by atoms with Crippen molar-refractivity contribution in [2.24, 2.45) is 0 Å². The number of ether oxygens (including phenoxy) is 1. The van der Waals surface area contributed by atoms with Crippen molar-refractivity contribution in [3.63, 3.8) is 0 Å². The fraction of sp³-hybridized carbons (Fsp3) is 0.130. The molecule has 0 atom stereocenters. The van der Waals surface area contributed by atoms with E-state index in [1.807, 2.05) is 0 Å². The normalized spacial score (nSPS) is 12.0. The minimum atomic E-state index is -0.988. The van der Waals surface area contributed by atoms with Gasteiger partial charge in [-0.25, -0.2) is 13.2 Å². The molecule has 0 aromatic heterocycles. The summed E-state index contributed by atoms with van der Waals surface area (Å²) in [4.78, 5) is 0. The van der Waals surface area contributed by atoms with Crippen LogP contribution in [0.1, 0.15) is 23.1 Å². The van der Waals surface area contributed by atoms with E-state index in [1.165, 1.54) is 37.4 Å². The molecule has 0 aliphatic rings. The lowest BCUT2D eigenvalue weighted by atomic mass is 10.00. The van der Waals surface area contributed by atoms with Gasteiger partial charge in [0.05, 0.1) is 7.11 Å². The molecule has 0 bridgehead atoms. The molecule has 3 aromatic carbocycles. The van der Waals surface area contributed by atoms with Crippen LogP contribution in [-0.4, -0.2) is 7.11 Å². The Morgan fingerprint density at radius 3 is 2.30 bits per heavy atom. The molecule has 0 aliphatic carbocycles. The van der Waals surface area contributed by atoms with E-state index in [0.29, 0.717) is 34.9 Å². The molecule has 1 nitrogen and oxygen atoms in total. The van der Waals surface area contributed by atoms with Crippen molar-refractivity contribution in [3.05, 3.63) is 89.8 Å². The molecule has 3 aromatic rings. The van der Waals surface area contributed by atoms with Gasteiger partial charge in [-0.3, -0.25) is 0 Å². The zero-order valence-corrected chi connectivity index (χ0v) is 14.9. The third-order valence-corrected chi connectivity index (χ3v) is 4.44. The Kier molecular flexibility index (Phi) is 5.65. The SMILES string of the molecule is C=CCCc1ccc2cc(C(F)=C(F)c3ccc(OC)cc3)ccc2c1F. The molecular weight excluding hydrogens is 349 g/mol. The number of halogens is 3. The van der Waals surface area contributed by atoms with Crippen molar-refractivity contribution >= 4 is 22.4 Å². The topological polar surface area (TPSA) is 9.23 Å². The average molecular weight is 368 g/mol. The molecule has 3 rings (SSSR count). The Morgan fingerprint density at radius 2 is 1.63 bits per heavy atom. The summed E-state index contributed by atoms with van der Waals surface area (Å²) in [5.41, 5.74) is 0.754. The summed E-state index contributed by atoms with van der Waals surface area (Å²) < 4.78 is 48.8. The molecule has 4 heteroatoms. The van der Waals surface area contributed by atoms with Crippen LogP contribution in [0.25, 0.3) is 22.4 Å². The molecule has 0 amide bonds. The van der Waals surface area contributed by atoms with E-state index in [9.17, 15) is 13.2 Å². The molecule has 0 spiro atoms. The van der Waals surface area contributed by atoms with Crippen molar-refractivity contribution in [2.45, 2.75) is 12.8 Å². The Bertz CT molecular complexity index is 1000. The zero-order valence-electron chi connectivity index (χ0n) is 14.9. The highest BCUT2D eigenvalue weighted by atomic mass is 19.2. The van der Waals surface area contributed by atoms with Gasteiger partial charge >= 0.3 is 0 Å². The standard InChI is InChI=1S/C23H19F3O/c1-3-4-5-15-6-7-17-14-18(10-13-20(17)21(15)24)23(26)22(25)16-8-11-19(27-2)12-9-16/h3,6-14H,1,4-5H2,2H3. The first-order valence-electron chi connectivity index (χ1n) is 8.57. The van der Waals surface area contributed by atoms with E-state index >= 15 is 0 Å². The summed E-state index contributed by atoms with van der Waals surface area (Å²) in [5.74, 6) is -1.74. The number of hydrogen-bond acceptors (Lipinski definition) is 1. The van der Waals surface area contributed by atoms with E-state index in [2.05, 4.69) is 6.58 Å². The molecular formula is C23H19F3O. The maximum absolute atomic E-state index is 14.6. The van der Waals surface area contributed by atoms with E-state index in [4.69, 9.17) is 4.74 Å². The first-order valence-corrected chi connectivity index (χ1v) is 8.57. The van der Waals surface area contributed by atoms with Crippen molar-refractivity contribution < 1.29 is 17.9 Å². The molecule has 0 heterocycles. The second kappa shape index (κ2) is 8.12. The van der Waals surface area contributed by atoms with Crippen LogP contribution in [-0.2, 0) is 6.42 Å². The molecule has 0 unspecified atom stereocenters. The predicted molar refractivity (Wildman–Crippen MR) is 104 cm³/mol. The van der Waals surface area contributed by atoms with Crippen LogP contribution in [0.2, 0.25) is 0 Å².